The molecule has 2 rings (SSSR count). The summed E-state index contributed by atoms with van der Waals surface area (Å²) in [5.41, 5.74) is 6.85. The molecule has 1 aromatic carbocycles. The van der Waals surface area contributed by atoms with Crippen molar-refractivity contribution >= 4 is 18.3 Å². The van der Waals surface area contributed by atoms with E-state index in [2.05, 4.69) is 31.2 Å². The zero-order chi connectivity index (χ0) is 14.6. The molecular formula is C17H27ClN2O. The van der Waals surface area contributed by atoms with Gasteiger partial charge in [-0.05, 0) is 37.7 Å². The zero-order valence-electron chi connectivity index (χ0n) is 13.0. The van der Waals surface area contributed by atoms with E-state index in [0.717, 1.165) is 38.8 Å². The molecule has 0 aliphatic carbocycles. The fraction of sp³-hybridized carbons (Fsp3) is 0.588. The number of amides is 1. The van der Waals surface area contributed by atoms with Gasteiger partial charge >= 0.3 is 0 Å². The molecule has 4 heteroatoms. The quantitative estimate of drug-likeness (QED) is 0.927. The minimum Gasteiger partial charge on any atom is -0.341 e. The second-order valence-corrected chi connectivity index (χ2v) is 6.14. The lowest BCUT2D eigenvalue weighted by atomic mass is 9.88. The highest BCUT2D eigenvalue weighted by molar-refractivity contribution is 5.86. The van der Waals surface area contributed by atoms with Gasteiger partial charge in [-0.1, -0.05) is 43.7 Å². The van der Waals surface area contributed by atoms with Crippen molar-refractivity contribution < 1.29 is 4.79 Å². The third kappa shape index (κ3) is 4.45. The first-order valence-electron chi connectivity index (χ1n) is 7.68. The fourth-order valence-corrected chi connectivity index (χ4v) is 3.13. The van der Waals surface area contributed by atoms with E-state index in [4.69, 9.17) is 5.73 Å². The highest BCUT2D eigenvalue weighted by Gasteiger charge is 2.33. The summed E-state index contributed by atoms with van der Waals surface area (Å²) in [5, 5.41) is 0. The van der Waals surface area contributed by atoms with Crippen molar-refractivity contribution in [3.05, 3.63) is 35.9 Å². The summed E-state index contributed by atoms with van der Waals surface area (Å²) >= 11 is 0. The van der Waals surface area contributed by atoms with Gasteiger partial charge in [0.15, 0.2) is 0 Å². The Labute approximate surface area is 134 Å². The lowest BCUT2D eigenvalue weighted by Gasteiger charge is -2.37. The first-order valence-corrected chi connectivity index (χ1v) is 7.68. The van der Waals surface area contributed by atoms with Crippen molar-refractivity contribution in [1.29, 1.82) is 0 Å². The number of piperidine rings is 1. The molecule has 1 saturated heterocycles. The smallest absolute Gasteiger partial charge is 0.242 e. The van der Waals surface area contributed by atoms with Crippen molar-refractivity contribution in [2.24, 2.45) is 5.73 Å². The highest BCUT2D eigenvalue weighted by atomic mass is 35.5. The molecule has 0 saturated carbocycles. The van der Waals surface area contributed by atoms with E-state index in [1.807, 2.05) is 17.9 Å². The fourth-order valence-electron chi connectivity index (χ4n) is 3.13. The number of hydrogen-bond acceptors (Lipinski definition) is 2. The summed E-state index contributed by atoms with van der Waals surface area (Å²) in [7, 11) is 0. The van der Waals surface area contributed by atoms with Crippen LogP contribution in [0.4, 0.5) is 0 Å². The van der Waals surface area contributed by atoms with Gasteiger partial charge in [-0.2, -0.15) is 0 Å². The number of benzene rings is 1. The van der Waals surface area contributed by atoms with Crippen LogP contribution in [-0.4, -0.2) is 29.4 Å². The lowest BCUT2D eigenvalue weighted by molar-refractivity contribution is -0.137. The van der Waals surface area contributed by atoms with Crippen LogP contribution in [0, 0.1) is 0 Å². The van der Waals surface area contributed by atoms with Gasteiger partial charge in [-0.25, -0.2) is 0 Å². The summed E-state index contributed by atoms with van der Waals surface area (Å²) in [6, 6.07) is 10.6. The van der Waals surface area contributed by atoms with Gasteiger partial charge < -0.3 is 10.6 Å². The van der Waals surface area contributed by atoms with Crippen LogP contribution in [0.2, 0.25) is 0 Å². The monoisotopic (exact) mass is 310 g/mol. The van der Waals surface area contributed by atoms with Gasteiger partial charge in [-0.3, -0.25) is 4.79 Å². The Hall–Kier alpha value is -1.06. The van der Waals surface area contributed by atoms with E-state index in [9.17, 15) is 4.79 Å². The Morgan fingerprint density at radius 2 is 1.86 bits per heavy atom. The Balaban J connectivity index is 0.00000220. The highest BCUT2D eigenvalue weighted by Crippen LogP contribution is 2.28. The number of carbonyl (C=O) groups is 1. The minimum atomic E-state index is -0.700. The molecule has 21 heavy (non-hydrogen) atoms. The number of carbonyl (C=O) groups excluding carboxylic acids is 1. The van der Waals surface area contributed by atoms with Crippen LogP contribution in [0.25, 0.3) is 0 Å². The predicted molar refractivity (Wildman–Crippen MR) is 89.7 cm³/mol. The summed E-state index contributed by atoms with van der Waals surface area (Å²) in [6.45, 7) is 5.59. The summed E-state index contributed by atoms with van der Waals surface area (Å²) < 4.78 is 0. The van der Waals surface area contributed by atoms with Gasteiger partial charge in [-0.15, -0.1) is 12.4 Å². The molecule has 1 amide bonds. The van der Waals surface area contributed by atoms with Crippen molar-refractivity contribution in [2.45, 2.75) is 51.0 Å². The lowest BCUT2D eigenvalue weighted by Crippen LogP contribution is -2.54. The molecular weight excluding hydrogens is 284 g/mol. The van der Waals surface area contributed by atoms with E-state index in [-0.39, 0.29) is 18.3 Å². The van der Waals surface area contributed by atoms with E-state index >= 15 is 0 Å². The van der Waals surface area contributed by atoms with Gasteiger partial charge in [0.05, 0.1) is 5.54 Å². The average Bonchev–Trinajstić information content (AvgIpc) is 2.47. The van der Waals surface area contributed by atoms with Crippen LogP contribution in [0.15, 0.2) is 30.3 Å². The van der Waals surface area contributed by atoms with Crippen LogP contribution in [0.3, 0.4) is 0 Å². The molecule has 1 heterocycles. The van der Waals surface area contributed by atoms with E-state index in [1.54, 1.807) is 0 Å². The van der Waals surface area contributed by atoms with Crippen LogP contribution < -0.4 is 5.73 Å². The molecule has 0 bridgehead atoms. The molecule has 1 aromatic rings. The Morgan fingerprint density at radius 3 is 2.38 bits per heavy atom. The molecule has 0 spiro atoms. The van der Waals surface area contributed by atoms with Crippen LogP contribution in [0.5, 0.6) is 0 Å². The van der Waals surface area contributed by atoms with Gasteiger partial charge in [0.1, 0.15) is 0 Å². The van der Waals surface area contributed by atoms with Crippen LogP contribution in [0.1, 0.15) is 51.0 Å². The Morgan fingerprint density at radius 1 is 1.29 bits per heavy atom. The van der Waals surface area contributed by atoms with Crippen LogP contribution >= 0.6 is 12.4 Å². The Kier molecular flexibility index (Phi) is 6.69. The molecule has 2 N–H and O–H groups in total. The zero-order valence-corrected chi connectivity index (χ0v) is 13.9. The Bertz CT molecular complexity index is 439. The standard InChI is InChI=1S/C17H26N2O.ClH/c1-3-11-17(2,18)16(20)19-12-9-15(10-13-19)14-7-5-4-6-8-14;/h4-8,15H,3,9-13,18H2,1-2H3;1H. The molecule has 0 aromatic heterocycles. The summed E-state index contributed by atoms with van der Waals surface area (Å²) in [5.74, 6) is 0.696. The predicted octanol–water partition coefficient (Wildman–Crippen LogP) is 3.33. The average molecular weight is 311 g/mol. The number of nitrogens with zero attached hydrogens (tertiary/aromatic N) is 1. The molecule has 1 aliphatic heterocycles. The number of hydrogen-bond donors (Lipinski definition) is 1. The number of likely N-dealkylation sites (tertiary alicyclic amines) is 1. The molecule has 0 radical (unpaired) electrons. The second-order valence-electron chi connectivity index (χ2n) is 6.14. The normalized spacial score (nSPS) is 18.7. The van der Waals surface area contributed by atoms with Gasteiger partial charge in [0.2, 0.25) is 5.91 Å². The van der Waals surface area contributed by atoms with E-state index in [1.165, 1.54) is 5.56 Å². The van der Waals surface area contributed by atoms with E-state index in [0.29, 0.717) is 5.92 Å². The third-order valence-electron chi connectivity index (χ3n) is 4.31. The number of nitrogens with two attached hydrogens (primary N) is 1. The van der Waals surface area contributed by atoms with Crippen molar-refractivity contribution in [1.82, 2.24) is 4.90 Å². The van der Waals surface area contributed by atoms with Gasteiger partial charge in [0, 0.05) is 13.1 Å². The van der Waals surface area contributed by atoms with Gasteiger partial charge in [0.25, 0.3) is 0 Å². The molecule has 3 nitrogen and oxygen atoms in total. The van der Waals surface area contributed by atoms with E-state index < -0.39 is 5.54 Å². The third-order valence-corrected chi connectivity index (χ3v) is 4.31. The maximum atomic E-state index is 12.5. The SMILES string of the molecule is CCCC(C)(N)C(=O)N1CCC(c2ccccc2)CC1.Cl. The van der Waals surface area contributed by atoms with Crippen molar-refractivity contribution in [3.63, 3.8) is 0 Å². The van der Waals surface area contributed by atoms with Crippen molar-refractivity contribution in [3.8, 4) is 0 Å². The largest absolute Gasteiger partial charge is 0.341 e. The molecule has 1 aliphatic rings. The first kappa shape index (κ1) is 18.0. The molecule has 1 fully saturated rings. The second kappa shape index (κ2) is 7.81. The first-order chi connectivity index (χ1) is 9.54. The molecule has 118 valence electrons. The summed E-state index contributed by atoms with van der Waals surface area (Å²) in [6.07, 6.45) is 3.78. The number of halogens is 1. The van der Waals surface area contributed by atoms with Crippen LogP contribution in [-0.2, 0) is 4.79 Å². The molecule has 1 unspecified atom stereocenters. The maximum Gasteiger partial charge on any atom is 0.242 e. The maximum absolute atomic E-state index is 12.5. The molecule has 1 atom stereocenters. The summed E-state index contributed by atoms with van der Waals surface area (Å²) in [4.78, 5) is 14.4. The van der Waals surface area contributed by atoms with Crippen molar-refractivity contribution in [2.75, 3.05) is 13.1 Å². The number of rotatable bonds is 4. The minimum absolute atomic E-state index is 0. The topological polar surface area (TPSA) is 46.3 Å².